The second kappa shape index (κ2) is 5.67. The second-order valence-electron chi connectivity index (χ2n) is 3.70. The molecule has 0 aliphatic carbocycles. The molecule has 0 saturated carbocycles. The van der Waals surface area contributed by atoms with E-state index in [9.17, 15) is 13.6 Å². The summed E-state index contributed by atoms with van der Waals surface area (Å²) in [4.78, 5) is 12.0. The van der Waals surface area contributed by atoms with Crippen LogP contribution < -0.4 is 5.32 Å². The van der Waals surface area contributed by atoms with E-state index in [1.807, 2.05) is 0 Å². The fourth-order valence-corrected chi connectivity index (χ4v) is 2.16. The first-order chi connectivity index (χ1) is 8.97. The van der Waals surface area contributed by atoms with Gasteiger partial charge in [-0.25, -0.2) is 8.78 Å². The number of hydrogen-bond acceptors (Lipinski definition) is 1. The number of halogens is 4. The first-order valence-corrected chi connectivity index (χ1v) is 6.36. The van der Waals surface area contributed by atoms with Crippen molar-refractivity contribution in [2.75, 3.05) is 5.32 Å². The molecule has 0 radical (unpaired) electrons. The van der Waals surface area contributed by atoms with Gasteiger partial charge in [0, 0.05) is 4.47 Å². The molecule has 1 amide bonds. The van der Waals surface area contributed by atoms with E-state index in [1.54, 1.807) is 0 Å². The molecule has 98 valence electrons. The minimum absolute atomic E-state index is 0.00994. The molecule has 2 nitrogen and oxygen atoms in total. The van der Waals surface area contributed by atoms with E-state index < -0.39 is 17.5 Å². The van der Waals surface area contributed by atoms with Gasteiger partial charge in [-0.15, -0.1) is 0 Å². The SMILES string of the molecule is O=C(Nc1ccc(F)cc1Br)c1ccc(F)cc1Cl. The summed E-state index contributed by atoms with van der Waals surface area (Å²) >= 11 is 8.91. The van der Waals surface area contributed by atoms with Crippen molar-refractivity contribution in [3.8, 4) is 0 Å². The third kappa shape index (κ3) is 3.30. The summed E-state index contributed by atoms with van der Waals surface area (Å²) in [7, 11) is 0. The van der Waals surface area contributed by atoms with Gasteiger partial charge >= 0.3 is 0 Å². The van der Waals surface area contributed by atoms with E-state index in [-0.39, 0.29) is 10.6 Å². The van der Waals surface area contributed by atoms with Crippen LogP contribution in [0.5, 0.6) is 0 Å². The van der Waals surface area contributed by atoms with Gasteiger partial charge in [-0.3, -0.25) is 4.79 Å². The smallest absolute Gasteiger partial charge is 0.257 e. The minimum atomic E-state index is -0.524. The van der Waals surface area contributed by atoms with Crippen molar-refractivity contribution in [2.45, 2.75) is 0 Å². The Bertz CT molecular complexity index is 649. The van der Waals surface area contributed by atoms with E-state index in [1.165, 1.54) is 24.3 Å². The molecular weight excluding hydrogens is 340 g/mol. The largest absolute Gasteiger partial charge is 0.321 e. The lowest BCUT2D eigenvalue weighted by Crippen LogP contribution is -2.13. The summed E-state index contributed by atoms with van der Waals surface area (Å²) in [6.45, 7) is 0. The summed E-state index contributed by atoms with van der Waals surface area (Å²) in [5.41, 5.74) is 0.533. The predicted octanol–water partition coefficient (Wildman–Crippen LogP) is 4.63. The molecule has 0 heterocycles. The van der Waals surface area contributed by atoms with Gasteiger partial charge in [0.05, 0.1) is 16.3 Å². The van der Waals surface area contributed by atoms with E-state index in [2.05, 4.69) is 21.2 Å². The van der Waals surface area contributed by atoms with Crippen molar-refractivity contribution in [3.05, 3.63) is 63.1 Å². The zero-order valence-electron chi connectivity index (χ0n) is 9.38. The number of nitrogens with one attached hydrogen (secondary N) is 1. The molecule has 0 bridgehead atoms. The number of amides is 1. The van der Waals surface area contributed by atoms with Crippen molar-refractivity contribution in [1.82, 2.24) is 0 Å². The van der Waals surface area contributed by atoms with Gasteiger partial charge in [-0.1, -0.05) is 11.6 Å². The molecule has 2 rings (SSSR count). The van der Waals surface area contributed by atoms with Crippen molar-refractivity contribution < 1.29 is 13.6 Å². The molecule has 19 heavy (non-hydrogen) atoms. The Hall–Kier alpha value is -1.46. The normalized spacial score (nSPS) is 10.3. The molecule has 0 saturated heterocycles. The van der Waals surface area contributed by atoms with Crippen molar-refractivity contribution in [2.24, 2.45) is 0 Å². The van der Waals surface area contributed by atoms with Crippen molar-refractivity contribution >= 4 is 39.1 Å². The highest BCUT2D eigenvalue weighted by Gasteiger charge is 2.12. The van der Waals surface area contributed by atoms with Crippen molar-refractivity contribution in [3.63, 3.8) is 0 Å². The van der Waals surface area contributed by atoms with Gasteiger partial charge in [0.15, 0.2) is 0 Å². The maximum atomic E-state index is 12.9. The Kier molecular flexibility index (Phi) is 4.17. The summed E-state index contributed by atoms with van der Waals surface area (Å²) in [5.74, 6) is -1.45. The van der Waals surface area contributed by atoms with Crippen molar-refractivity contribution in [1.29, 1.82) is 0 Å². The van der Waals surface area contributed by atoms with E-state index in [0.717, 1.165) is 12.1 Å². The maximum absolute atomic E-state index is 12.9. The number of benzene rings is 2. The molecule has 0 fully saturated rings. The van der Waals surface area contributed by atoms with Crippen LogP contribution in [0.2, 0.25) is 5.02 Å². The van der Waals surface area contributed by atoms with Crippen LogP contribution in [0.4, 0.5) is 14.5 Å². The predicted molar refractivity (Wildman–Crippen MR) is 73.5 cm³/mol. The molecule has 0 aromatic heterocycles. The molecule has 0 unspecified atom stereocenters. The van der Waals surface area contributed by atoms with E-state index in [4.69, 9.17) is 11.6 Å². The standard InChI is InChI=1S/C13H7BrClF2NO/c14-10-5-7(16)2-4-12(10)18-13(19)9-3-1-8(17)6-11(9)15/h1-6H,(H,18,19). The second-order valence-corrected chi connectivity index (χ2v) is 4.96. The Labute approximate surface area is 121 Å². The molecule has 2 aromatic rings. The highest BCUT2D eigenvalue weighted by atomic mass is 79.9. The fourth-order valence-electron chi connectivity index (χ4n) is 1.45. The first kappa shape index (κ1) is 14.0. The first-order valence-electron chi connectivity index (χ1n) is 5.19. The monoisotopic (exact) mass is 345 g/mol. The van der Waals surface area contributed by atoms with E-state index >= 15 is 0 Å². The number of rotatable bonds is 2. The van der Waals surface area contributed by atoms with Gasteiger partial charge in [-0.2, -0.15) is 0 Å². The van der Waals surface area contributed by atoms with Crippen LogP contribution in [0.1, 0.15) is 10.4 Å². The van der Waals surface area contributed by atoms with Gasteiger partial charge < -0.3 is 5.32 Å². The van der Waals surface area contributed by atoms with Crippen LogP contribution >= 0.6 is 27.5 Å². The third-order valence-electron chi connectivity index (χ3n) is 2.36. The lowest BCUT2D eigenvalue weighted by Gasteiger charge is -2.08. The Morgan fingerprint density at radius 3 is 2.37 bits per heavy atom. The zero-order chi connectivity index (χ0) is 14.0. The third-order valence-corrected chi connectivity index (χ3v) is 3.32. The summed E-state index contributed by atoms with van der Waals surface area (Å²) in [6.07, 6.45) is 0. The summed E-state index contributed by atoms with van der Waals surface area (Å²) in [6, 6.07) is 7.32. The van der Waals surface area contributed by atoms with Gasteiger partial charge in [0.1, 0.15) is 11.6 Å². The maximum Gasteiger partial charge on any atom is 0.257 e. The zero-order valence-corrected chi connectivity index (χ0v) is 11.7. The Morgan fingerprint density at radius 1 is 1.11 bits per heavy atom. The topological polar surface area (TPSA) is 29.1 Å². The van der Waals surface area contributed by atoms with Gasteiger partial charge in [0.2, 0.25) is 0 Å². The van der Waals surface area contributed by atoms with Crippen LogP contribution in [0, 0.1) is 11.6 Å². The average Bonchev–Trinajstić information content (AvgIpc) is 2.32. The molecule has 0 aliphatic rings. The van der Waals surface area contributed by atoms with Crippen LogP contribution in [0.25, 0.3) is 0 Å². The molecular formula is C13H7BrClF2NO. The van der Waals surface area contributed by atoms with Crippen LogP contribution in [0.3, 0.4) is 0 Å². The number of carbonyl (C=O) groups is 1. The summed E-state index contributed by atoms with van der Waals surface area (Å²) < 4.78 is 26.2. The lowest BCUT2D eigenvalue weighted by molar-refractivity contribution is 0.102. The average molecular weight is 347 g/mol. The van der Waals surface area contributed by atoms with E-state index in [0.29, 0.717) is 10.2 Å². The quantitative estimate of drug-likeness (QED) is 0.844. The highest BCUT2D eigenvalue weighted by molar-refractivity contribution is 9.10. The summed E-state index contributed by atoms with van der Waals surface area (Å²) in [5, 5.41) is 2.56. The minimum Gasteiger partial charge on any atom is -0.321 e. The van der Waals surface area contributed by atoms with Crippen LogP contribution in [0.15, 0.2) is 40.9 Å². The Balaban J connectivity index is 2.25. The Morgan fingerprint density at radius 2 is 1.74 bits per heavy atom. The van der Waals surface area contributed by atoms with Gasteiger partial charge in [-0.05, 0) is 52.3 Å². The number of anilines is 1. The van der Waals surface area contributed by atoms with Crippen LogP contribution in [-0.2, 0) is 0 Å². The molecule has 0 spiro atoms. The lowest BCUT2D eigenvalue weighted by atomic mass is 10.2. The van der Waals surface area contributed by atoms with Gasteiger partial charge in [0.25, 0.3) is 5.91 Å². The molecule has 0 atom stereocenters. The molecule has 2 aromatic carbocycles. The molecule has 0 aliphatic heterocycles. The molecule has 6 heteroatoms. The van der Waals surface area contributed by atoms with Crippen LogP contribution in [-0.4, -0.2) is 5.91 Å². The fraction of sp³-hybridized carbons (Fsp3) is 0. The number of carbonyl (C=O) groups excluding carboxylic acids is 1. The highest BCUT2D eigenvalue weighted by Crippen LogP contribution is 2.25. The molecule has 1 N–H and O–H groups in total. The number of hydrogen-bond donors (Lipinski definition) is 1.